The van der Waals surface area contributed by atoms with Gasteiger partial charge in [-0.3, -0.25) is 13.8 Å². The minimum absolute atomic E-state index is 0.0431. The molecule has 3 fully saturated rings. The van der Waals surface area contributed by atoms with Crippen molar-refractivity contribution in [3.63, 3.8) is 0 Å². The number of benzene rings is 2. The largest absolute Gasteiger partial charge is 0.489 e. The number of hydrogen-bond donors (Lipinski definition) is 1. The molecule has 3 aliphatic heterocycles. The number of carbonyl (C=O) groups excluding carboxylic acids is 1. The molecule has 1 aliphatic carbocycles. The summed E-state index contributed by atoms with van der Waals surface area (Å²) >= 11 is 0. The van der Waals surface area contributed by atoms with Crippen LogP contribution in [0.15, 0.2) is 42.6 Å². The predicted molar refractivity (Wildman–Crippen MR) is 167 cm³/mol. The van der Waals surface area contributed by atoms with E-state index in [2.05, 4.69) is 22.0 Å². The van der Waals surface area contributed by atoms with Gasteiger partial charge < -0.3 is 29.1 Å². The number of aromatic carboxylic acids is 1. The third-order valence-electron chi connectivity index (χ3n) is 9.66. The zero-order chi connectivity index (χ0) is 30.5. The first-order valence-electron chi connectivity index (χ1n) is 16.1. The molecule has 2 aromatic heterocycles. The van der Waals surface area contributed by atoms with Gasteiger partial charge in [0.1, 0.15) is 18.1 Å². The molecule has 1 amide bonds. The number of imidazole rings is 2. The molecular formula is C34H37N5O6. The number of morpholine rings is 1. The second-order valence-electron chi connectivity index (χ2n) is 12.4. The molecule has 1 saturated carbocycles. The summed E-state index contributed by atoms with van der Waals surface area (Å²) in [5, 5.41) is 9.65. The molecule has 0 atom stereocenters. The molecule has 2 aromatic carbocycles. The van der Waals surface area contributed by atoms with Gasteiger partial charge in [0.25, 0.3) is 0 Å². The van der Waals surface area contributed by atoms with Crippen molar-refractivity contribution in [2.75, 3.05) is 42.6 Å². The number of carboxylic acid groups (broad SMARTS) is 1. The molecule has 45 heavy (non-hydrogen) atoms. The molecule has 4 aromatic rings. The van der Waals surface area contributed by atoms with E-state index in [1.165, 1.54) is 6.42 Å². The second-order valence-corrected chi connectivity index (χ2v) is 12.4. The van der Waals surface area contributed by atoms with E-state index in [9.17, 15) is 14.7 Å². The van der Waals surface area contributed by atoms with E-state index in [1.807, 2.05) is 38.1 Å². The fraction of sp³-hybridized carbons (Fsp3) is 0.441. The number of anilines is 2. The van der Waals surface area contributed by atoms with Gasteiger partial charge in [-0.15, -0.1) is 0 Å². The molecule has 0 unspecified atom stereocenters. The lowest BCUT2D eigenvalue weighted by Gasteiger charge is -2.31. The first-order valence-corrected chi connectivity index (χ1v) is 16.1. The van der Waals surface area contributed by atoms with Crippen molar-refractivity contribution < 1.29 is 28.9 Å². The first kappa shape index (κ1) is 28.0. The molecular weight excluding hydrogens is 574 g/mol. The summed E-state index contributed by atoms with van der Waals surface area (Å²) < 4.78 is 22.2. The third-order valence-corrected chi connectivity index (χ3v) is 9.66. The Morgan fingerprint density at radius 2 is 1.87 bits per heavy atom. The van der Waals surface area contributed by atoms with E-state index < -0.39 is 5.97 Å². The molecule has 1 N–H and O–H groups in total. The lowest BCUT2D eigenvalue weighted by Crippen LogP contribution is -2.37. The van der Waals surface area contributed by atoms with Gasteiger partial charge in [-0.1, -0.05) is 19.3 Å². The highest BCUT2D eigenvalue weighted by atomic mass is 16.5. The van der Waals surface area contributed by atoms with Gasteiger partial charge in [-0.25, -0.2) is 9.78 Å². The smallest absolute Gasteiger partial charge is 0.356 e. The molecule has 4 aliphatic rings. The lowest BCUT2D eigenvalue weighted by atomic mass is 9.85. The molecule has 0 bridgehead atoms. The maximum atomic E-state index is 12.5. The average molecular weight is 612 g/mol. The zero-order valence-electron chi connectivity index (χ0n) is 25.2. The molecule has 0 spiro atoms. The van der Waals surface area contributed by atoms with Gasteiger partial charge in [0, 0.05) is 66.7 Å². The van der Waals surface area contributed by atoms with Gasteiger partial charge in [0.2, 0.25) is 11.7 Å². The molecule has 0 radical (unpaired) electrons. The van der Waals surface area contributed by atoms with E-state index in [1.54, 1.807) is 6.20 Å². The van der Waals surface area contributed by atoms with Crippen LogP contribution in [0.25, 0.3) is 17.0 Å². The third kappa shape index (κ3) is 4.99. The van der Waals surface area contributed by atoms with Gasteiger partial charge in [-0.05, 0) is 49.6 Å². The summed E-state index contributed by atoms with van der Waals surface area (Å²) in [4.78, 5) is 32.9. The number of hydrogen-bond acceptors (Lipinski definition) is 7. The summed E-state index contributed by atoms with van der Waals surface area (Å²) in [6.07, 6.45) is 8.80. The number of rotatable bonds is 7. The summed E-state index contributed by atoms with van der Waals surface area (Å²) in [5.74, 6) is 1.49. The number of aromatic nitrogens is 3. The Labute approximate surface area is 260 Å². The minimum Gasteiger partial charge on any atom is -0.489 e. The highest BCUT2D eigenvalue weighted by Gasteiger charge is 2.32. The highest BCUT2D eigenvalue weighted by molar-refractivity contribution is 5.95. The lowest BCUT2D eigenvalue weighted by molar-refractivity contribution is -0.117. The van der Waals surface area contributed by atoms with E-state index in [0.29, 0.717) is 43.7 Å². The fourth-order valence-corrected chi connectivity index (χ4v) is 7.46. The number of ether oxygens (including phenoxy) is 3. The topological polar surface area (TPSA) is 111 Å². The Balaban J connectivity index is 1.11. The Kier molecular flexibility index (Phi) is 7.12. The molecule has 11 nitrogen and oxygen atoms in total. The van der Waals surface area contributed by atoms with Gasteiger partial charge >= 0.3 is 5.97 Å². The SMILES string of the molecule is O=C(O)c1cn2c(C3CCCCC3)c3n(c2n1)COc1cc(OCc2cc(N4CCCC4=O)ccc2N2CCOCC2)ccc1-3. The van der Waals surface area contributed by atoms with Gasteiger partial charge in [0.05, 0.1) is 24.6 Å². The van der Waals surface area contributed by atoms with E-state index >= 15 is 0 Å². The molecule has 11 heteroatoms. The number of fused-ring (bicyclic) bond motifs is 5. The van der Waals surface area contributed by atoms with E-state index in [0.717, 1.165) is 91.4 Å². The molecule has 2 saturated heterocycles. The summed E-state index contributed by atoms with van der Waals surface area (Å²) in [6.45, 7) is 4.31. The quantitative estimate of drug-likeness (QED) is 0.294. The summed E-state index contributed by atoms with van der Waals surface area (Å²) in [5.41, 5.74) is 6.20. The number of nitrogens with zero attached hydrogens (tertiary/aromatic N) is 5. The van der Waals surface area contributed by atoms with Crippen molar-refractivity contribution in [1.29, 1.82) is 0 Å². The second kappa shape index (κ2) is 11.4. The Morgan fingerprint density at radius 1 is 1.02 bits per heavy atom. The minimum atomic E-state index is -1.03. The van der Waals surface area contributed by atoms with Crippen molar-refractivity contribution in [1.82, 2.24) is 14.0 Å². The number of carbonyl (C=O) groups is 2. The first-order chi connectivity index (χ1) is 22.0. The van der Waals surface area contributed by atoms with Crippen molar-refractivity contribution in [3.8, 4) is 22.8 Å². The molecule has 234 valence electrons. The van der Waals surface area contributed by atoms with Crippen LogP contribution in [0.2, 0.25) is 0 Å². The monoisotopic (exact) mass is 611 g/mol. The van der Waals surface area contributed by atoms with Crippen LogP contribution in [-0.2, 0) is 22.9 Å². The van der Waals surface area contributed by atoms with Crippen LogP contribution in [0, 0.1) is 0 Å². The van der Waals surface area contributed by atoms with Crippen LogP contribution in [0.3, 0.4) is 0 Å². The maximum Gasteiger partial charge on any atom is 0.356 e. The molecule has 8 rings (SSSR count). The van der Waals surface area contributed by atoms with Crippen molar-refractivity contribution in [2.24, 2.45) is 0 Å². The summed E-state index contributed by atoms with van der Waals surface area (Å²) in [6, 6.07) is 12.2. The summed E-state index contributed by atoms with van der Waals surface area (Å²) in [7, 11) is 0. The van der Waals surface area contributed by atoms with Crippen LogP contribution >= 0.6 is 0 Å². The average Bonchev–Trinajstić information content (AvgIpc) is 3.78. The van der Waals surface area contributed by atoms with Gasteiger partial charge in [0.15, 0.2) is 12.4 Å². The number of carboxylic acids is 1. The van der Waals surface area contributed by atoms with Crippen molar-refractivity contribution >= 4 is 29.0 Å². The van der Waals surface area contributed by atoms with Crippen molar-refractivity contribution in [2.45, 2.75) is 64.2 Å². The van der Waals surface area contributed by atoms with Crippen LogP contribution in [0.1, 0.15) is 72.6 Å². The molecule has 5 heterocycles. The Hall–Kier alpha value is -4.51. The Morgan fingerprint density at radius 3 is 2.64 bits per heavy atom. The van der Waals surface area contributed by atoms with E-state index in [4.69, 9.17) is 14.2 Å². The van der Waals surface area contributed by atoms with Crippen LogP contribution in [0.4, 0.5) is 11.4 Å². The van der Waals surface area contributed by atoms with Crippen molar-refractivity contribution in [3.05, 3.63) is 59.5 Å². The van der Waals surface area contributed by atoms with Crippen LogP contribution in [0.5, 0.6) is 11.5 Å². The van der Waals surface area contributed by atoms with Gasteiger partial charge in [-0.2, -0.15) is 0 Å². The van der Waals surface area contributed by atoms with E-state index in [-0.39, 0.29) is 18.3 Å². The zero-order valence-corrected chi connectivity index (χ0v) is 25.2. The predicted octanol–water partition coefficient (Wildman–Crippen LogP) is 5.44. The van der Waals surface area contributed by atoms with Crippen LogP contribution in [-0.4, -0.2) is 63.8 Å². The standard InChI is InChI=1S/C34H37N5O6/c40-30-7-4-12-37(30)24-8-11-28(36-13-15-43-16-14-36)23(17-24)20-44-25-9-10-26-29(18-25)45-21-39-32(26)31(22-5-2-1-3-6-22)38-19-27(33(41)42)35-34(38)39/h8-11,17-19,22H,1-7,12-16,20-21H2,(H,41,42). The van der Waals surface area contributed by atoms with Crippen LogP contribution < -0.4 is 19.3 Å². The normalized spacial score (nSPS) is 18.6. The highest BCUT2D eigenvalue weighted by Crippen LogP contribution is 2.46. The fourth-order valence-electron chi connectivity index (χ4n) is 7.46. The number of amides is 1. The Bertz CT molecular complexity index is 1780. The maximum absolute atomic E-state index is 12.5.